The van der Waals surface area contributed by atoms with Crippen molar-refractivity contribution in [2.75, 3.05) is 6.61 Å². The SMILES string of the molecule is CC(=O)C(Cc1cn([C@@H]2O[C@H](CO)C3OC(C)(C)O[C@@H]32)c(=O)[nH]c1=O)C(=O)OC(C)(C)C. The maximum Gasteiger partial charge on any atom is 0.330 e. The molecule has 2 saturated heterocycles. The summed E-state index contributed by atoms with van der Waals surface area (Å²) < 4.78 is 23.9. The molecule has 2 N–H and O–H groups in total. The van der Waals surface area contributed by atoms with E-state index in [1.807, 2.05) is 0 Å². The predicted octanol–water partition coefficient (Wildman–Crippen LogP) is 0.0358. The Bertz CT molecular complexity index is 1000. The Balaban J connectivity index is 1.94. The number of aromatic nitrogens is 2. The summed E-state index contributed by atoms with van der Waals surface area (Å²) in [7, 11) is 0. The molecule has 3 rings (SSSR count). The normalized spacial score (nSPS) is 27.7. The van der Waals surface area contributed by atoms with Crippen LogP contribution in [-0.4, -0.2) is 62.7 Å². The number of hydrogen-bond donors (Lipinski definition) is 2. The van der Waals surface area contributed by atoms with E-state index in [0.717, 1.165) is 4.57 Å². The number of aromatic amines is 1. The number of fused-ring (bicyclic) bond motifs is 1. The van der Waals surface area contributed by atoms with Gasteiger partial charge < -0.3 is 24.1 Å². The van der Waals surface area contributed by atoms with Crippen LogP contribution in [0.2, 0.25) is 0 Å². The average Bonchev–Trinajstić information content (AvgIpc) is 3.12. The van der Waals surface area contributed by atoms with Crippen LogP contribution >= 0.6 is 0 Å². The number of aliphatic hydroxyl groups is 1. The minimum Gasteiger partial charge on any atom is -0.459 e. The van der Waals surface area contributed by atoms with Crippen molar-refractivity contribution in [1.29, 1.82) is 0 Å². The molecule has 0 radical (unpaired) electrons. The fourth-order valence-electron chi connectivity index (χ4n) is 3.88. The topological polar surface area (TPSA) is 146 Å². The van der Waals surface area contributed by atoms with Gasteiger partial charge in [0.25, 0.3) is 5.56 Å². The molecule has 5 atom stereocenters. The lowest BCUT2D eigenvalue weighted by atomic mass is 9.97. The minimum atomic E-state index is -1.21. The van der Waals surface area contributed by atoms with Crippen molar-refractivity contribution < 1.29 is 33.6 Å². The average molecular weight is 454 g/mol. The van der Waals surface area contributed by atoms with Gasteiger partial charge in [-0.05, 0) is 48.0 Å². The number of carbonyl (C=O) groups is 2. The zero-order chi connectivity index (χ0) is 24.0. The highest BCUT2D eigenvalue weighted by Gasteiger charge is 2.56. The van der Waals surface area contributed by atoms with Crippen LogP contribution in [0.4, 0.5) is 0 Å². The maximum atomic E-state index is 12.6. The van der Waals surface area contributed by atoms with E-state index in [1.165, 1.54) is 13.1 Å². The predicted molar refractivity (Wildman–Crippen MR) is 110 cm³/mol. The van der Waals surface area contributed by atoms with Crippen LogP contribution in [0.15, 0.2) is 15.8 Å². The van der Waals surface area contributed by atoms with Gasteiger partial charge in [-0.3, -0.25) is 23.9 Å². The van der Waals surface area contributed by atoms with Crippen LogP contribution in [0.1, 0.15) is 53.3 Å². The zero-order valence-corrected chi connectivity index (χ0v) is 19.0. The molecule has 0 saturated carbocycles. The molecule has 0 spiro atoms. The number of hydrogen-bond acceptors (Lipinski definition) is 9. The lowest BCUT2D eigenvalue weighted by Crippen LogP contribution is -2.40. The summed E-state index contributed by atoms with van der Waals surface area (Å²) in [5.74, 6) is -3.39. The molecular formula is C21H30N2O9. The molecule has 178 valence electrons. The van der Waals surface area contributed by atoms with Gasteiger partial charge in [-0.2, -0.15) is 0 Å². The molecule has 11 nitrogen and oxygen atoms in total. The van der Waals surface area contributed by atoms with E-state index in [1.54, 1.807) is 34.6 Å². The number of H-pyrrole nitrogens is 1. The van der Waals surface area contributed by atoms with Crippen molar-refractivity contribution in [2.45, 2.75) is 83.9 Å². The van der Waals surface area contributed by atoms with Crippen LogP contribution < -0.4 is 11.2 Å². The summed E-state index contributed by atoms with van der Waals surface area (Å²) >= 11 is 0. The van der Waals surface area contributed by atoms with Gasteiger partial charge in [0.15, 0.2) is 12.0 Å². The Kier molecular flexibility index (Phi) is 6.49. The lowest BCUT2D eigenvalue weighted by Gasteiger charge is -2.25. The van der Waals surface area contributed by atoms with Gasteiger partial charge in [0, 0.05) is 11.8 Å². The van der Waals surface area contributed by atoms with Gasteiger partial charge in [-0.1, -0.05) is 0 Å². The molecule has 11 heteroatoms. The molecule has 32 heavy (non-hydrogen) atoms. The van der Waals surface area contributed by atoms with Crippen molar-refractivity contribution in [2.24, 2.45) is 5.92 Å². The summed E-state index contributed by atoms with van der Waals surface area (Å²) in [4.78, 5) is 51.9. The van der Waals surface area contributed by atoms with Gasteiger partial charge in [0.2, 0.25) is 0 Å². The summed E-state index contributed by atoms with van der Waals surface area (Å²) in [6.07, 6.45) is -2.06. The number of nitrogens with zero attached hydrogens (tertiary/aromatic N) is 1. The van der Waals surface area contributed by atoms with Crippen LogP contribution in [0, 0.1) is 5.92 Å². The molecule has 0 bridgehead atoms. The van der Waals surface area contributed by atoms with E-state index >= 15 is 0 Å². The fraction of sp³-hybridized carbons (Fsp3) is 0.714. The Morgan fingerprint density at radius 2 is 1.88 bits per heavy atom. The summed E-state index contributed by atoms with van der Waals surface area (Å²) in [6, 6.07) is 0. The molecule has 0 aliphatic carbocycles. The number of carbonyl (C=O) groups excluding carboxylic acids is 2. The molecule has 2 aliphatic rings. The second-order valence-electron chi connectivity index (χ2n) is 9.53. The van der Waals surface area contributed by atoms with Crippen molar-refractivity contribution in [3.8, 4) is 0 Å². The van der Waals surface area contributed by atoms with Gasteiger partial charge in [-0.25, -0.2) is 4.79 Å². The van der Waals surface area contributed by atoms with E-state index < -0.39 is 64.8 Å². The second kappa shape index (κ2) is 8.54. The zero-order valence-electron chi connectivity index (χ0n) is 19.0. The van der Waals surface area contributed by atoms with Gasteiger partial charge in [-0.15, -0.1) is 0 Å². The van der Waals surface area contributed by atoms with Crippen molar-refractivity contribution >= 4 is 11.8 Å². The lowest BCUT2D eigenvalue weighted by molar-refractivity contribution is -0.200. The Hall–Kier alpha value is -2.34. The molecule has 2 aliphatic heterocycles. The summed E-state index contributed by atoms with van der Waals surface area (Å²) in [5, 5.41) is 9.66. The highest BCUT2D eigenvalue weighted by atomic mass is 16.8. The third-order valence-corrected chi connectivity index (χ3v) is 5.23. The molecule has 3 heterocycles. The van der Waals surface area contributed by atoms with Crippen molar-refractivity contribution in [3.63, 3.8) is 0 Å². The first-order valence-corrected chi connectivity index (χ1v) is 10.4. The maximum absolute atomic E-state index is 12.6. The molecule has 2 unspecified atom stereocenters. The second-order valence-corrected chi connectivity index (χ2v) is 9.53. The van der Waals surface area contributed by atoms with Crippen molar-refractivity contribution in [1.82, 2.24) is 9.55 Å². The first-order chi connectivity index (χ1) is 14.7. The first-order valence-electron chi connectivity index (χ1n) is 10.4. The fourth-order valence-corrected chi connectivity index (χ4v) is 3.88. The summed E-state index contributed by atoms with van der Waals surface area (Å²) in [5.41, 5.74) is -2.26. The number of ketones is 1. The smallest absolute Gasteiger partial charge is 0.330 e. The van der Waals surface area contributed by atoms with E-state index in [-0.39, 0.29) is 18.6 Å². The third kappa shape index (κ3) is 5.01. The third-order valence-electron chi connectivity index (χ3n) is 5.23. The molecule has 2 fully saturated rings. The number of Topliss-reactive ketones (excluding diaryl/α,β-unsaturated/α-hetero) is 1. The van der Waals surface area contributed by atoms with E-state index in [0.29, 0.717) is 0 Å². The van der Waals surface area contributed by atoms with E-state index in [9.17, 15) is 24.3 Å². The standard InChI is InChI=1S/C21H30N2O9/c1-10(25)12(18(27)32-20(2,3)4)7-11-8-23(19(28)22-16(11)26)17-15-14(13(9-24)29-17)30-21(5,6)31-15/h8,12-15,17,24H,7,9H2,1-6H3,(H,22,26,28)/t12?,13-,14?,15+,17-/m1/s1. The molecular weight excluding hydrogens is 424 g/mol. The molecule has 0 amide bonds. The van der Waals surface area contributed by atoms with E-state index in [4.69, 9.17) is 18.9 Å². The summed E-state index contributed by atoms with van der Waals surface area (Å²) in [6.45, 7) is 9.31. The van der Waals surface area contributed by atoms with Crippen LogP contribution in [0.25, 0.3) is 0 Å². The minimum absolute atomic E-state index is 0.0291. The number of aliphatic hydroxyl groups excluding tert-OH is 1. The highest BCUT2D eigenvalue weighted by Crippen LogP contribution is 2.42. The molecule has 1 aromatic heterocycles. The van der Waals surface area contributed by atoms with Gasteiger partial charge in [0.05, 0.1) is 6.61 Å². The van der Waals surface area contributed by atoms with Crippen molar-refractivity contribution in [3.05, 3.63) is 32.6 Å². The monoisotopic (exact) mass is 454 g/mol. The Morgan fingerprint density at radius 3 is 2.44 bits per heavy atom. The molecule has 0 aromatic carbocycles. The number of rotatable bonds is 6. The number of nitrogens with one attached hydrogen (secondary N) is 1. The van der Waals surface area contributed by atoms with Gasteiger partial charge in [0.1, 0.15) is 35.6 Å². The largest absolute Gasteiger partial charge is 0.459 e. The Morgan fingerprint density at radius 1 is 1.25 bits per heavy atom. The van der Waals surface area contributed by atoms with Gasteiger partial charge >= 0.3 is 11.7 Å². The van der Waals surface area contributed by atoms with Crippen LogP contribution in [-0.2, 0) is 35.0 Å². The van der Waals surface area contributed by atoms with E-state index in [2.05, 4.69) is 4.98 Å². The highest BCUT2D eigenvalue weighted by molar-refractivity contribution is 5.98. The Labute approximate surface area is 184 Å². The molecule has 1 aromatic rings. The number of ether oxygens (including phenoxy) is 4. The first kappa shape index (κ1) is 24.3. The number of esters is 1. The van der Waals surface area contributed by atoms with Crippen LogP contribution in [0.5, 0.6) is 0 Å². The van der Waals surface area contributed by atoms with Crippen LogP contribution in [0.3, 0.4) is 0 Å². The quantitative estimate of drug-likeness (QED) is 0.449.